The first-order chi connectivity index (χ1) is 13.6. The van der Waals surface area contributed by atoms with Gasteiger partial charge >= 0.3 is 0 Å². The number of carbonyl (C=O) groups is 1. The van der Waals surface area contributed by atoms with Gasteiger partial charge in [0.2, 0.25) is 5.78 Å². The normalized spacial score (nSPS) is 16.8. The molecule has 0 bridgehead atoms. The molecule has 1 aliphatic heterocycles. The highest BCUT2D eigenvalue weighted by Crippen LogP contribution is 2.33. The lowest BCUT2D eigenvalue weighted by Crippen LogP contribution is -2.40. The van der Waals surface area contributed by atoms with Gasteiger partial charge in [-0.25, -0.2) is 8.42 Å². The summed E-state index contributed by atoms with van der Waals surface area (Å²) in [5.41, 5.74) is 2.02. The second-order valence-corrected chi connectivity index (χ2v) is 8.28. The molecule has 2 heterocycles. The summed E-state index contributed by atoms with van der Waals surface area (Å²) in [5.74, 6) is -0.303. The number of carbonyl (C=O) groups excluding carboxylic acids is 1. The molecule has 5 nitrogen and oxygen atoms in total. The lowest BCUT2D eigenvalue weighted by molar-refractivity contribution is 0.100. The van der Waals surface area contributed by atoms with Crippen molar-refractivity contribution in [2.75, 3.05) is 6.54 Å². The van der Waals surface area contributed by atoms with Crippen LogP contribution in [0.2, 0.25) is 0 Å². The van der Waals surface area contributed by atoms with Gasteiger partial charge < -0.3 is 0 Å². The molecule has 0 fully saturated rings. The minimum absolute atomic E-state index is 0.0522. The highest BCUT2D eigenvalue weighted by Gasteiger charge is 2.38. The van der Waals surface area contributed by atoms with E-state index < -0.39 is 10.0 Å². The summed E-state index contributed by atoms with van der Waals surface area (Å²) in [6, 6.07) is 19.5. The van der Waals surface area contributed by atoms with Crippen LogP contribution in [0, 0.1) is 0 Å². The van der Waals surface area contributed by atoms with E-state index in [0.717, 1.165) is 5.56 Å². The molecular weight excluding hydrogens is 372 g/mol. The molecule has 1 aromatic heterocycles. The monoisotopic (exact) mass is 390 g/mol. The van der Waals surface area contributed by atoms with Crippen molar-refractivity contribution >= 4 is 21.9 Å². The van der Waals surface area contributed by atoms with Gasteiger partial charge in [0.15, 0.2) is 0 Å². The van der Waals surface area contributed by atoms with Crippen LogP contribution in [-0.2, 0) is 16.4 Å². The van der Waals surface area contributed by atoms with E-state index in [1.54, 1.807) is 48.8 Å². The number of hydrogen-bond acceptors (Lipinski definition) is 4. The van der Waals surface area contributed by atoms with Crippen molar-refractivity contribution in [3.63, 3.8) is 0 Å². The summed E-state index contributed by atoms with van der Waals surface area (Å²) in [4.78, 5) is 17.2. The third kappa shape index (κ3) is 3.34. The molecule has 0 amide bonds. The summed E-state index contributed by atoms with van der Waals surface area (Å²) < 4.78 is 27.8. The fourth-order valence-corrected chi connectivity index (χ4v) is 4.90. The molecule has 0 unspecified atom stereocenters. The van der Waals surface area contributed by atoms with Gasteiger partial charge in [-0.15, -0.1) is 0 Å². The van der Waals surface area contributed by atoms with Crippen molar-refractivity contribution < 1.29 is 13.2 Å². The fraction of sp³-hybridized carbons (Fsp3) is 0.0909. The Morgan fingerprint density at radius 1 is 0.929 bits per heavy atom. The second kappa shape index (κ2) is 7.40. The Bertz CT molecular complexity index is 1140. The number of nitrogens with zero attached hydrogens (tertiary/aromatic N) is 2. The zero-order valence-electron chi connectivity index (χ0n) is 15.0. The first-order valence-corrected chi connectivity index (χ1v) is 10.3. The van der Waals surface area contributed by atoms with E-state index in [9.17, 15) is 13.2 Å². The molecule has 0 saturated carbocycles. The molecule has 2 aromatic carbocycles. The van der Waals surface area contributed by atoms with E-state index in [-0.39, 0.29) is 28.5 Å². The predicted octanol–water partition coefficient (Wildman–Crippen LogP) is 3.55. The van der Waals surface area contributed by atoms with Crippen molar-refractivity contribution in [1.29, 1.82) is 0 Å². The Morgan fingerprint density at radius 2 is 1.68 bits per heavy atom. The van der Waals surface area contributed by atoms with E-state index in [1.807, 2.05) is 30.3 Å². The second-order valence-electron chi connectivity index (χ2n) is 6.45. The number of sulfonamides is 1. The SMILES string of the molecule is O=C1C(=Cc2cccnc2)N(CCc2ccccc2)S(=O)(=O)c2ccccc21. The van der Waals surface area contributed by atoms with Crippen LogP contribution in [-0.4, -0.2) is 30.0 Å². The Balaban J connectivity index is 1.81. The summed E-state index contributed by atoms with van der Waals surface area (Å²) >= 11 is 0. The lowest BCUT2D eigenvalue weighted by Gasteiger charge is -2.31. The Hall–Kier alpha value is -3.25. The van der Waals surface area contributed by atoms with Crippen molar-refractivity contribution in [2.45, 2.75) is 11.3 Å². The van der Waals surface area contributed by atoms with E-state index in [4.69, 9.17) is 0 Å². The molecule has 0 atom stereocenters. The first kappa shape index (κ1) is 18.1. The molecule has 6 heteroatoms. The molecule has 4 rings (SSSR count). The molecule has 0 N–H and O–H groups in total. The van der Waals surface area contributed by atoms with Crippen molar-refractivity contribution in [3.8, 4) is 0 Å². The summed E-state index contributed by atoms with van der Waals surface area (Å²) in [6.07, 6.45) is 5.32. The molecule has 0 spiro atoms. The van der Waals surface area contributed by atoms with Crippen LogP contribution in [0.5, 0.6) is 0 Å². The Labute approximate surface area is 164 Å². The summed E-state index contributed by atoms with van der Waals surface area (Å²) in [7, 11) is -3.83. The average Bonchev–Trinajstić information content (AvgIpc) is 2.73. The number of allylic oxidation sites excluding steroid dienone is 1. The maximum Gasteiger partial charge on any atom is 0.265 e. The standard InChI is InChI=1S/C22H18N2O3S/c25-22-19-10-4-5-11-21(19)28(26,27)24(14-12-17-7-2-1-3-8-17)20(22)15-18-9-6-13-23-16-18/h1-11,13,15-16H,12,14H2. The van der Waals surface area contributed by atoms with Gasteiger partial charge in [-0.05, 0) is 41.8 Å². The van der Waals surface area contributed by atoms with E-state index in [1.165, 1.54) is 10.4 Å². The van der Waals surface area contributed by atoms with Gasteiger partial charge in [0.1, 0.15) is 5.70 Å². The number of benzene rings is 2. The third-order valence-electron chi connectivity index (χ3n) is 4.64. The lowest BCUT2D eigenvalue weighted by atomic mass is 10.1. The minimum atomic E-state index is -3.83. The molecule has 3 aromatic rings. The zero-order chi connectivity index (χ0) is 19.6. The minimum Gasteiger partial charge on any atom is -0.287 e. The maximum atomic E-state index is 13.3. The topological polar surface area (TPSA) is 67.3 Å². The predicted molar refractivity (Wildman–Crippen MR) is 107 cm³/mol. The van der Waals surface area contributed by atoms with Crippen molar-refractivity contribution in [2.24, 2.45) is 0 Å². The molecule has 0 saturated heterocycles. The smallest absolute Gasteiger partial charge is 0.265 e. The molecule has 0 aliphatic carbocycles. The van der Waals surface area contributed by atoms with Gasteiger partial charge in [-0.2, -0.15) is 0 Å². The van der Waals surface area contributed by atoms with Gasteiger partial charge in [-0.1, -0.05) is 48.5 Å². The van der Waals surface area contributed by atoms with E-state index >= 15 is 0 Å². The van der Waals surface area contributed by atoms with E-state index in [2.05, 4.69) is 4.98 Å². The highest BCUT2D eigenvalue weighted by atomic mass is 32.2. The number of pyridine rings is 1. The number of aromatic nitrogens is 1. The first-order valence-electron chi connectivity index (χ1n) is 8.89. The maximum absolute atomic E-state index is 13.3. The Kier molecular flexibility index (Phi) is 4.79. The third-order valence-corrected chi connectivity index (χ3v) is 6.51. The van der Waals surface area contributed by atoms with Crippen LogP contribution in [0.4, 0.5) is 0 Å². The van der Waals surface area contributed by atoms with Gasteiger partial charge in [0.05, 0.1) is 4.90 Å². The number of hydrogen-bond donors (Lipinski definition) is 0. The summed E-state index contributed by atoms with van der Waals surface area (Å²) in [5, 5.41) is 0. The quantitative estimate of drug-likeness (QED) is 0.639. The number of Topliss-reactive ketones (excluding diaryl/α,β-unsaturated/α-hetero) is 1. The van der Waals surface area contributed by atoms with E-state index in [0.29, 0.717) is 12.0 Å². The van der Waals surface area contributed by atoms with Gasteiger partial charge in [-0.3, -0.25) is 14.1 Å². The van der Waals surface area contributed by atoms with Crippen molar-refractivity contribution in [1.82, 2.24) is 9.29 Å². The largest absolute Gasteiger partial charge is 0.287 e. The van der Waals surface area contributed by atoms with Crippen LogP contribution in [0.25, 0.3) is 6.08 Å². The van der Waals surface area contributed by atoms with Gasteiger partial charge in [0, 0.05) is 24.5 Å². The molecule has 28 heavy (non-hydrogen) atoms. The number of ketones is 1. The van der Waals surface area contributed by atoms with Gasteiger partial charge in [0.25, 0.3) is 10.0 Å². The van der Waals surface area contributed by atoms with Crippen LogP contribution in [0.15, 0.2) is 89.7 Å². The summed E-state index contributed by atoms with van der Waals surface area (Å²) in [6.45, 7) is 0.179. The number of fused-ring (bicyclic) bond motifs is 1. The zero-order valence-corrected chi connectivity index (χ0v) is 15.8. The van der Waals surface area contributed by atoms with Crippen LogP contribution in [0.3, 0.4) is 0 Å². The fourth-order valence-electron chi connectivity index (χ4n) is 3.25. The molecular formula is C22H18N2O3S. The average molecular weight is 390 g/mol. The molecule has 140 valence electrons. The Morgan fingerprint density at radius 3 is 2.43 bits per heavy atom. The van der Waals surface area contributed by atoms with Crippen LogP contribution < -0.4 is 0 Å². The highest BCUT2D eigenvalue weighted by molar-refractivity contribution is 7.89. The molecule has 1 aliphatic rings. The van der Waals surface area contributed by atoms with Crippen LogP contribution in [0.1, 0.15) is 21.5 Å². The van der Waals surface area contributed by atoms with Crippen molar-refractivity contribution in [3.05, 3.63) is 102 Å². The molecule has 0 radical (unpaired) electrons. The van der Waals surface area contributed by atoms with Crippen LogP contribution >= 0.6 is 0 Å². The number of rotatable bonds is 4.